The molecular weight excluding hydrogens is 440 g/mol. The first-order valence-electron chi connectivity index (χ1n) is 13.7. The second-order valence-corrected chi connectivity index (χ2v) is 10.5. The van der Waals surface area contributed by atoms with Crippen LogP contribution in [0.1, 0.15) is 75.2 Å². The van der Waals surface area contributed by atoms with Gasteiger partial charge in [0.05, 0.1) is 13.2 Å². The van der Waals surface area contributed by atoms with E-state index in [-0.39, 0.29) is 11.8 Å². The number of nitrogens with zero attached hydrogens (tertiary/aromatic N) is 3. The molecular formula is C28H46N4O3. The third kappa shape index (κ3) is 9.21. The van der Waals surface area contributed by atoms with Crippen LogP contribution in [-0.2, 0) is 16.1 Å². The highest BCUT2D eigenvalue weighted by molar-refractivity contribution is 5.97. The van der Waals surface area contributed by atoms with Crippen molar-refractivity contribution in [2.45, 2.75) is 65.8 Å². The number of benzene rings is 1. The average molecular weight is 487 g/mol. The Balaban J connectivity index is 1.78. The van der Waals surface area contributed by atoms with E-state index >= 15 is 0 Å². The van der Waals surface area contributed by atoms with Crippen LogP contribution in [0.4, 0.5) is 5.69 Å². The molecule has 1 aromatic carbocycles. The minimum atomic E-state index is -0.0460. The Labute approximate surface area is 212 Å². The number of hydrogen-bond acceptors (Lipinski definition) is 5. The number of amides is 2. The van der Waals surface area contributed by atoms with Crippen LogP contribution in [0.25, 0.3) is 0 Å². The second kappa shape index (κ2) is 14.6. The van der Waals surface area contributed by atoms with Gasteiger partial charge in [-0.2, -0.15) is 0 Å². The van der Waals surface area contributed by atoms with Gasteiger partial charge in [-0.3, -0.25) is 19.4 Å². The van der Waals surface area contributed by atoms with Crippen molar-refractivity contribution in [3.05, 3.63) is 29.3 Å². The molecule has 0 radical (unpaired) electrons. The summed E-state index contributed by atoms with van der Waals surface area (Å²) >= 11 is 0. The van der Waals surface area contributed by atoms with E-state index in [0.29, 0.717) is 18.0 Å². The monoisotopic (exact) mass is 486 g/mol. The van der Waals surface area contributed by atoms with Gasteiger partial charge in [-0.1, -0.05) is 33.1 Å². The Bertz CT molecular complexity index is 807. The van der Waals surface area contributed by atoms with Gasteiger partial charge >= 0.3 is 0 Å². The van der Waals surface area contributed by atoms with Crippen LogP contribution in [0, 0.1) is 5.92 Å². The minimum Gasteiger partial charge on any atom is -0.379 e. The molecule has 2 aliphatic heterocycles. The number of anilines is 1. The number of carbonyl (C=O) groups excluding carboxylic acids is 2. The molecule has 2 amide bonds. The Kier molecular flexibility index (Phi) is 11.5. The van der Waals surface area contributed by atoms with Crippen LogP contribution >= 0.6 is 0 Å². The summed E-state index contributed by atoms with van der Waals surface area (Å²) in [6, 6.07) is 5.88. The molecule has 3 rings (SSSR count). The fraction of sp³-hybridized carbons (Fsp3) is 0.714. The molecule has 196 valence electrons. The highest BCUT2D eigenvalue weighted by atomic mass is 16.5. The molecule has 1 fully saturated rings. The van der Waals surface area contributed by atoms with Crippen LogP contribution in [0.2, 0.25) is 0 Å². The second-order valence-electron chi connectivity index (χ2n) is 10.5. The van der Waals surface area contributed by atoms with Gasteiger partial charge in [-0.15, -0.1) is 0 Å². The zero-order valence-corrected chi connectivity index (χ0v) is 22.2. The Hall–Kier alpha value is -1.96. The molecule has 2 heterocycles. The lowest BCUT2D eigenvalue weighted by Crippen LogP contribution is -2.41. The predicted molar refractivity (Wildman–Crippen MR) is 142 cm³/mol. The van der Waals surface area contributed by atoms with Crippen molar-refractivity contribution in [1.82, 2.24) is 15.1 Å². The summed E-state index contributed by atoms with van der Waals surface area (Å²) in [6.45, 7) is 14.6. The molecule has 0 aliphatic carbocycles. The smallest absolute Gasteiger partial charge is 0.251 e. The van der Waals surface area contributed by atoms with Crippen molar-refractivity contribution < 1.29 is 14.3 Å². The summed E-state index contributed by atoms with van der Waals surface area (Å²) in [7, 11) is 0. The lowest BCUT2D eigenvalue weighted by atomic mass is 10.0. The maximum absolute atomic E-state index is 13.0. The molecule has 0 aromatic heterocycles. The van der Waals surface area contributed by atoms with Gasteiger partial charge < -0.3 is 15.0 Å². The Morgan fingerprint density at radius 1 is 0.943 bits per heavy atom. The quantitative estimate of drug-likeness (QED) is 0.633. The summed E-state index contributed by atoms with van der Waals surface area (Å²) in [6.07, 6.45) is 6.96. The first kappa shape index (κ1) is 27.6. The van der Waals surface area contributed by atoms with E-state index in [1.165, 1.54) is 19.3 Å². The molecule has 0 atom stereocenters. The fourth-order valence-electron chi connectivity index (χ4n) is 4.91. The van der Waals surface area contributed by atoms with E-state index in [0.717, 1.165) is 89.5 Å². The first-order chi connectivity index (χ1) is 16.9. The molecule has 2 aliphatic rings. The highest BCUT2D eigenvalue weighted by Crippen LogP contribution is 2.26. The number of carbonyl (C=O) groups is 2. The van der Waals surface area contributed by atoms with Gasteiger partial charge in [0, 0.05) is 57.4 Å². The summed E-state index contributed by atoms with van der Waals surface area (Å²) in [5, 5.41) is 3.09. The van der Waals surface area contributed by atoms with E-state index in [9.17, 15) is 9.59 Å². The van der Waals surface area contributed by atoms with Gasteiger partial charge in [0.15, 0.2) is 0 Å². The standard InChI is InChI=1S/C28H46N4O3/c1-23(2)11-15-31-13-7-5-4-6-8-14-32(24(3)33)27-10-9-25(21-26(27)22-31)28(34)29-12-16-30-17-19-35-20-18-30/h9-10,21,23H,4-8,11-20,22H2,1-3H3,(H,29,34). The van der Waals surface area contributed by atoms with Gasteiger partial charge in [0.25, 0.3) is 5.91 Å². The fourth-order valence-corrected chi connectivity index (χ4v) is 4.91. The van der Waals surface area contributed by atoms with E-state index in [1.807, 2.05) is 23.1 Å². The van der Waals surface area contributed by atoms with Crippen LogP contribution in [-0.4, -0.2) is 80.6 Å². The Morgan fingerprint density at radius 2 is 1.66 bits per heavy atom. The normalized spacial score (nSPS) is 19.0. The summed E-state index contributed by atoms with van der Waals surface area (Å²) in [5.41, 5.74) is 2.70. The molecule has 7 nitrogen and oxygen atoms in total. The van der Waals surface area contributed by atoms with Gasteiger partial charge in [-0.25, -0.2) is 0 Å². The van der Waals surface area contributed by atoms with Crippen molar-refractivity contribution in [2.75, 3.05) is 63.9 Å². The van der Waals surface area contributed by atoms with Crippen molar-refractivity contribution in [1.29, 1.82) is 0 Å². The van der Waals surface area contributed by atoms with Gasteiger partial charge in [0.1, 0.15) is 0 Å². The van der Waals surface area contributed by atoms with E-state index in [2.05, 4.69) is 29.0 Å². The third-order valence-corrected chi connectivity index (χ3v) is 7.10. The number of hydrogen-bond donors (Lipinski definition) is 1. The number of fused-ring (bicyclic) bond motifs is 1. The maximum Gasteiger partial charge on any atom is 0.251 e. The van der Waals surface area contributed by atoms with Crippen molar-refractivity contribution in [2.24, 2.45) is 5.92 Å². The van der Waals surface area contributed by atoms with Crippen molar-refractivity contribution in [3.8, 4) is 0 Å². The number of ether oxygens (including phenoxy) is 1. The van der Waals surface area contributed by atoms with Crippen molar-refractivity contribution in [3.63, 3.8) is 0 Å². The molecule has 0 spiro atoms. The SMILES string of the molecule is CC(=O)N1CCCCCCCN(CCC(C)C)Cc2cc(C(=O)NCCN3CCOCC3)ccc21. The van der Waals surface area contributed by atoms with Crippen LogP contribution in [0.3, 0.4) is 0 Å². The largest absolute Gasteiger partial charge is 0.379 e. The first-order valence-corrected chi connectivity index (χ1v) is 13.7. The molecule has 0 saturated carbocycles. The van der Waals surface area contributed by atoms with Crippen LogP contribution in [0.5, 0.6) is 0 Å². The summed E-state index contributed by atoms with van der Waals surface area (Å²) < 4.78 is 5.40. The molecule has 1 saturated heterocycles. The van der Waals surface area contributed by atoms with E-state index in [1.54, 1.807) is 6.92 Å². The number of nitrogens with one attached hydrogen (secondary N) is 1. The molecule has 1 aromatic rings. The van der Waals surface area contributed by atoms with E-state index in [4.69, 9.17) is 4.74 Å². The lowest BCUT2D eigenvalue weighted by molar-refractivity contribution is -0.116. The molecule has 7 heteroatoms. The lowest BCUT2D eigenvalue weighted by Gasteiger charge is -2.29. The van der Waals surface area contributed by atoms with Gasteiger partial charge in [-0.05, 0) is 62.0 Å². The zero-order chi connectivity index (χ0) is 25.0. The van der Waals surface area contributed by atoms with Gasteiger partial charge in [0.2, 0.25) is 5.91 Å². The van der Waals surface area contributed by atoms with E-state index < -0.39 is 0 Å². The molecule has 1 N–H and O–H groups in total. The number of rotatable bonds is 7. The highest BCUT2D eigenvalue weighted by Gasteiger charge is 2.20. The molecule has 0 bridgehead atoms. The zero-order valence-electron chi connectivity index (χ0n) is 22.2. The molecule has 35 heavy (non-hydrogen) atoms. The maximum atomic E-state index is 13.0. The average Bonchev–Trinajstić information content (AvgIpc) is 2.83. The summed E-state index contributed by atoms with van der Waals surface area (Å²) in [5.74, 6) is 0.670. The topological polar surface area (TPSA) is 65.1 Å². The Morgan fingerprint density at radius 3 is 2.37 bits per heavy atom. The minimum absolute atomic E-state index is 0.0460. The third-order valence-electron chi connectivity index (χ3n) is 7.10. The van der Waals surface area contributed by atoms with Crippen molar-refractivity contribution >= 4 is 17.5 Å². The number of morpholine rings is 1. The summed E-state index contributed by atoms with van der Waals surface area (Å²) in [4.78, 5) is 32.4. The molecule has 0 unspecified atom stereocenters. The van der Waals surface area contributed by atoms with Crippen LogP contribution < -0.4 is 10.2 Å². The van der Waals surface area contributed by atoms with Crippen LogP contribution in [0.15, 0.2) is 18.2 Å². The predicted octanol–water partition coefficient (Wildman–Crippen LogP) is 3.91.